The molecular formula is C34H39NO4. The molecule has 0 heterocycles. The zero-order valence-corrected chi connectivity index (χ0v) is 23.4. The van der Waals surface area contributed by atoms with Crippen molar-refractivity contribution in [3.63, 3.8) is 0 Å². The van der Waals surface area contributed by atoms with Gasteiger partial charge in [-0.25, -0.2) is 4.79 Å². The Morgan fingerprint density at radius 3 is 2.13 bits per heavy atom. The van der Waals surface area contributed by atoms with Gasteiger partial charge in [-0.1, -0.05) is 77.0 Å². The van der Waals surface area contributed by atoms with Crippen molar-refractivity contribution in [2.45, 2.75) is 72.8 Å². The predicted molar refractivity (Wildman–Crippen MR) is 158 cm³/mol. The summed E-state index contributed by atoms with van der Waals surface area (Å²) in [6.45, 7) is 8.63. The van der Waals surface area contributed by atoms with Crippen LogP contribution in [0, 0.1) is 17.3 Å². The largest absolute Gasteiger partial charge is 0.507 e. The molecule has 0 fully saturated rings. The number of aromatic hydroxyl groups is 1. The highest BCUT2D eigenvalue weighted by Gasteiger charge is 2.20. The lowest BCUT2D eigenvalue weighted by Crippen LogP contribution is -2.15. The summed E-state index contributed by atoms with van der Waals surface area (Å²) in [7, 11) is 0. The molecule has 0 aliphatic carbocycles. The number of aromatic carboxylic acids is 1. The molecule has 3 rings (SSSR count). The molecule has 3 N–H and O–H groups in total. The Labute approximate surface area is 232 Å². The third-order valence-electron chi connectivity index (χ3n) is 6.41. The Morgan fingerprint density at radius 1 is 0.821 bits per heavy atom. The van der Waals surface area contributed by atoms with Gasteiger partial charge < -0.3 is 15.5 Å². The molecule has 0 saturated heterocycles. The van der Waals surface area contributed by atoms with Crippen molar-refractivity contribution < 1.29 is 19.8 Å². The Kier molecular flexibility index (Phi) is 10.3. The van der Waals surface area contributed by atoms with Gasteiger partial charge in [0, 0.05) is 35.3 Å². The number of carbonyl (C=O) groups is 2. The minimum absolute atomic E-state index is 0.0187. The summed E-state index contributed by atoms with van der Waals surface area (Å²) in [5.41, 5.74) is 4.62. The summed E-state index contributed by atoms with van der Waals surface area (Å²) < 4.78 is 0. The van der Waals surface area contributed by atoms with Gasteiger partial charge in [0.2, 0.25) is 0 Å². The number of anilines is 1. The van der Waals surface area contributed by atoms with E-state index in [9.17, 15) is 14.7 Å². The molecule has 3 aromatic rings. The smallest absolute Gasteiger partial charge is 0.339 e. The lowest BCUT2D eigenvalue weighted by atomic mass is 9.87. The maximum Gasteiger partial charge on any atom is 0.339 e. The number of rotatable bonds is 11. The molecule has 0 aromatic heterocycles. The van der Waals surface area contributed by atoms with Crippen molar-refractivity contribution in [3.05, 3.63) is 94.0 Å². The van der Waals surface area contributed by atoms with E-state index in [1.54, 1.807) is 6.07 Å². The first kappa shape index (κ1) is 29.5. The van der Waals surface area contributed by atoms with E-state index in [2.05, 4.69) is 48.3 Å². The van der Waals surface area contributed by atoms with Gasteiger partial charge in [0.15, 0.2) is 5.78 Å². The van der Waals surface area contributed by atoms with Gasteiger partial charge in [-0.2, -0.15) is 0 Å². The van der Waals surface area contributed by atoms with Crippen LogP contribution in [0.25, 0.3) is 0 Å². The van der Waals surface area contributed by atoms with Crippen LogP contribution in [0.2, 0.25) is 0 Å². The number of carboxylic acids is 1. The van der Waals surface area contributed by atoms with Crippen molar-refractivity contribution in [3.8, 4) is 17.6 Å². The topological polar surface area (TPSA) is 86.6 Å². The quantitative estimate of drug-likeness (QED) is 0.135. The molecule has 0 unspecified atom stereocenters. The molecule has 5 heteroatoms. The van der Waals surface area contributed by atoms with E-state index < -0.39 is 5.97 Å². The molecular weight excluding hydrogens is 486 g/mol. The molecule has 39 heavy (non-hydrogen) atoms. The van der Waals surface area contributed by atoms with Gasteiger partial charge in [0.25, 0.3) is 0 Å². The van der Waals surface area contributed by atoms with Crippen LogP contribution in [-0.2, 0) is 13.0 Å². The number of carboxylic acid groups (broad SMARTS) is 1. The standard InChI is InChI=1S/C34H39NO4/c1-5-6-7-8-9-24-10-12-25(13-11-24)14-15-26-17-19-30(29(20-26)32(37)22-34(2,3)4)35-23-27-16-18-28(33(38)39)31(36)21-27/h10-13,16-21,35-36H,5-9,22-23H2,1-4H3,(H,38,39). The summed E-state index contributed by atoms with van der Waals surface area (Å²) in [6.07, 6.45) is 6.46. The first-order chi connectivity index (χ1) is 18.6. The first-order valence-corrected chi connectivity index (χ1v) is 13.6. The maximum absolute atomic E-state index is 13.3. The highest BCUT2D eigenvalue weighted by atomic mass is 16.4. The second-order valence-corrected chi connectivity index (χ2v) is 11.2. The van der Waals surface area contributed by atoms with Crippen molar-refractivity contribution in [2.75, 3.05) is 5.32 Å². The average Bonchev–Trinajstić information content (AvgIpc) is 2.88. The fraction of sp³-hybridized carbons (Fsp3) is 0.353. The van der Waals surface area contributed by atoms with Crippen molar-refractivity contribution >= 4 is 17.4 Å². The molecule has 0 amide bonds. The lowest BCUT2D eigenvalue weighted by molar-refractivity contribution is 0.0693. The van der Waals surface area contributed by atoms with Crippen molar-refractivity contribution in [1.29, 1.82) is 0 Å². The van der Waals surface area contributed by atoms with Crippen LogP contribution < -0.4 is 5.32 Å². The molecule has 0 radical (unpaired) electrons. The SMILES string of the molecule is CCCCCCc1ccc(C#Cc2ccc(NCc3ccc(C(=O)O)c(O)c3)c(C(=O)CC(C)(C)C)c2)cc1. The number of unbranched alkanes of at least 4 members (excludes halogenated alkanes) is 3. The van der Waals surface area contributed by atoms with E-state index in [1.165, 1.54) is 43.4 Å². The Hall–Kier alpha value is -4.04. The van der Waals surface area contributed by atoms with Crippen LogP contribution in [0.1, 0.15) is 103 Å². The molecule has 0 atom stereocenters. The lowest BCUT2D eigenvalue weighted by Gasteiger charge is -2.19. The van der Waals surface area contributed by atoms with Gasteiger partial charge in [-0.3, -0.25) is 4.79 Å². The van der Waals surface area contributed by atoms with Crippen molar-refractivity contribution in [2.24, 2.45) is 5.41 Å². The van der Waals surface area contributed by atoms with Crippen molar-refractivity contribution in [1.82, 2.24) is 0 Å². The van der Waals surface area contributed by atoms with Crippen LogP contribution in [0.5, 0.6) is 5.75 Å². The van der Waals surface area contributed by atoms with E-state index >= 15 is 0 Å². The third kappa shape index (κ3) is 9.33. The van der Waals surface area contributed by atoms with Gasteiger partial charge in [-0.15, -0.1) is 0 Å². The molecule has 204 valence electrons. The highest BCUT2D eigenvalue weighted by molar-refractivity contribution is 6.02. The van der Waals surface area contributed by atoms with Gasteiger partial charge in [-0.05, 0) is 71.8 Å². The van der Waals surface area contributed by atoms with Crippen LogP contribution in [0.15, 0.2) is 60.7 Å². The van der Waals surface area contributed by atoms with E-state index in [0.29, 0.717) is 29.8 Å². The molecule has 0 aliphatic rings. The number of aryl methyl sites for hydroxylation is 1. The maximum atomic E-state index is 13.3. The first-order valence-electron chi connectivity index (χ1n) is 13.6. The van der Waals surface area contributed by atoms with Crippen LogP contribution in [0.4, 0.5) is 5.69 Å². The Morgan fingerprint density at radius 2 is 1.49 bits per heavy atom. The summed E-state index contributed by atoms with van der Waals surface area (Å²) in [4.78, 5) is 24.4. The number of Topliss-reactive ketones (excluding diaryl/α,β-unsaturated/α-hetero) is 1. The molecule has 0 aliphatic heterocycles. The molecule has 3 aromatic carbocycles. The van der Waals surface area contributed by atoms with Gasteiger partial charge >= 0.3 is 5.97 Å². The second kappa shape index (κ2) is 13.7. The third-order valence-corrected chi connectivity index (χ3v) is 6.41. The molecule has 0 saturated carbocycles. The number of hydrogen-bond donors (Lipinski definition) is 3. The molecule has 5 nitrogen and oxygen atoms in total. The van der Waals surface area contributed by atoms with Crippen LogP contribution >= 0.6 is 0 Å². The Balaban J connectivity index is 1.79. The normalized spacial score (nSPS) is 11.0. The zero-order chi connectivity index (χ0) is 28.4. The molecule has 0 bridgehead atoms. The number of carbonyl (C=O) groups excluding carboxylic acids is 1. The minimum atomic E-state index is -1.18. The fourth-order valence-electron chi connectivity index (χ4n) is 4.30. The second-order valence-electron chi connectivity index (χ2n) is 11.2. The monoisotopic (exact) mass is 525 g/mol. The van der Waals surface area contributed by atoms with E-state index in [1.807, 2.05) is 39.0 Å². The number of phenols is 1. The molecule has 0 spiro atoms. The van der Waals surface area contributed by atoms with Crippen LogP contribution in [-0.4, -0.2) is 22.0 Å². The van der Waals surface area contributed by atoms with Crippen LogP contribution in [0.3, 0.4) is 0 Å². The number of benzene rings is 3. The Bertz CT molecular complexity index is 1350. The van der Waals surface area contributed by atoms with E-state index in [0.717, 1.165) is 17.5 Å². The number of hydrogen-bond acceptors (Lipinski definition) is 4. The van der Waals surface area contributed by atoms with E-state index in [4.69, 9.17) is 5.11 Å². The van der Waals surface area contributed by atoms with E-state index in [-0.39, 0.29) is 22.5 Å². The van der Waals surface area contributed by atoms with Gasteiger partial charge in [0.1, 0.15) is 11.3 Å². The summed E-state index contributed by atoms with van der Waals surface area (Å²) in [6, 6.07) is 18.4. The highest BCUT2D eigenvalue weighted by Crippen LogP contribution is 2.27. The number of nitrogens with one attached hydrogen (secondary N) is 1. The zero-order valence-electron chi connectivity index (χ0n) is 23.4. The number of ketones is 1. The summed E-state index contributed by atoms with van der Waals surface area (Å²) in [5, 5.41) is 22.4. The summed E-state index contributed by atoms with van der Waals surface area (Å²) >= 11 is 0. The summed E-state index contributed by atoms with van der Waals surface area (Å²) in [5.74, 6) is 4.97. The minimum Gasteiger partial charge on any atom is -0.507 e. The fourth-order valence-corrected chi connectivity index (χ4v) is 4.30. The van der Waals surface area contributed by atoms with Gasteiger partial charge in [0.05, 0.1) is 0 Å². The predicted octanol–water partition coefficient (Wildman–Crippen LogP) is 7.84. The average molecular weight is 526 g/mol.